The molecule has 1 saturated carbocycles. The summed E-state index contributed by atoms with van der Waals surface area (Å²) in [6.45, 7) is 2.08. The molecular weight excluding hydrogens is 430 g/mol. The van der Waals surface area contributed by atoms with Gasteiger partial charge in [0.2, 0.25) is 0 Å². The maximum atomic E-state index is 13.3. The van der Waals surface area contributed by atoms with E-state index in [2.05, 4.69) is 44.0 Å². The molecule has 2 aliphatic rings. The lowest BCUT2D eigenvalue weighted by atomic mass is 9.83. The predicted octanol–water partition coefficient (Wildman–Crippen LogP) is 5.69. The van der Waals surface area contributed by atoms with Gasteiger partial charge in [0.05, 0.1) is 13.2 Å². The number of ether oxygens (including phenoxy) is 2. The first-order valence-electron chi connectivity index (χ1n) is 10.8. The third kappa shape index (κ3) is 4.47. The molecule has 3 aromatic carbocycles. The Labute approximate surface area is 199 Å². The zero-order valence-corrected chi connectivity index (χ0v) is 19.3. The number of β-lactam (4-membered cyclic amide) rings is 1. The second-order valence-corrected chi connectivity index (χ2v) is 9.08. The van der Waals surface area contributed by atoms with Crippen LogP contribution in [0.25, 0.3) is 0 Å². The average Bonchev–Trinajstić information content (AvgIpc) is 3.30. The zero-order chi connectivity index (χ0) is 22.8. The number of anilines is 1. The van der Waals surface area contributed by atoms with Crippen molar-refractivity contribution in [3.63, 3.8) is 0 Å². The molecule has 4 nitrogen and oxygen atoms in total. The summed E-state index contributed by atoms with van der Waals surface area (Å²) in [5.74, 6) is 2.47. The van der Waals surface area contributed by atoms with E-state index in [1.165, 1.54) is 5.56 Å². The molecule has 2 fully saturated rings. The highest BCUT2D eigenvalue weighted by atomic mass is 32.2. The van der Waals surface area contributed by atoms with Gasteiger partial charge in [0.1, 0.15) is 11.5 Å². The fraction of sp³-hybridized carbons (Fsp3) is 0.143. The molecule has 3 aromatic rings. The fourth-order valence-corrected chi connectivity index (χ4v) is 5.02. The van der Waals surface area contributed by atoms with Gasteiger partial charge >= 0.3 is 0 Å². The van der Waals surface area contributed by atoms with Crippen molar-refractivity contribution in [2.75, 3.05) is 12.0 Å². The first-order valence-corrected chi connectivity index (χ1v) is 11.6. The maximum absolute atomic E-state index is 13.3. The molecule has 5 radical (unpaired) electrons. The number of carbonyl (C=O) groups excluding carboxylic acids is 1. The van der Waals surface area contributed by atoms with E-state index in [0.717, 1.165) is 27.5 Å². The molecule has 5 rings (SSSR count). The number of benzene rings is 3. The van der Waals surface area contributed by atoms with Crippen LogP contribution >= 0.6 is 11.8 Å². The Morgan fingerprint density at radius 1 is 0.848 bits per heavy atom. The topological polar surface area (TPSA) is 38.8 Å². The third-order valence-corrected chi connectivity index (χ3v) is 6.88. The van der Waals surface area contributed by atoms with Crippen molar-refractivity contribution in [2.24, 2.45) is 0 Å². The maximum Gasteiger partial charge on any atom is 0.270 e. The van der Waals surface area contributed by atoms with E-state index < -0.39 is 6.10 Å². The second kappa shape index (κ2) is 9.52. The molecule has 1 aliphatic heterocycles. The van der Waals surface area contributed by atoms with Crippen molar-refractivity contribution in [2.45, 2.75) is 24.0 Å². The van der Waals surface area contributed by atoms with Gasteiger partial charge in [-0.2, -0.15) is 0 Å². The summed E-state index contributed by atoms with van der Waals surface area (Å²) < 4.78 is 11.5. The fourth-order valence-electron chi connectivity index (χ4n) is 4.04. The lowest BCUT2D eigenvalue weighted by molar-refractivity contribution is -0.134. The van der Waals surface area contributed by atoms with Crippen LogP contribution in [0.2, 0.25) is 0 Å². The van der Waals surface area contributed by atoms with E-state index in [-0.39, 0.29) is 11.9 Å². The van der Waals surface area contributed by atoms with Crippen molar-refractivity contribution in [3.05, 3.63) is 115 Å². The summed E-state index contributed by atoms with van der Waals surface area (Å²) in [7, 11) is 1.63. The lowest BCUT2D eigenvalue weighted by Crippen LogP contribution is -2.69. The number of rotatable bonds is 7. The van der Waals surface area contributed by atoms with E-state index in [1.807, 2.05) is 65.9 Å². The van der Waals surface area contributed by atoms with Crippen LogP contribution in [0.1, 0.15) is 5.56 Å². The average molecular weight is 455 g/mol. The van der Waals surface area contributed by atoms with Gasteiger partial charge < -0.3 is 14.4 Å². The van der Waals surface area contributed by atoms with Gasteiger partial charge in [-0.05, 0) is 74.7 Å². The number of amides is 1. The van der Waals surface area contributed by atoms with Crippen LogP contribution in [0.3, 0.4) is 0 Å². The Morgan fingerprint density at radius 2 is 1.58 bits per heavy atom. The predicted molar refractivity (Wildman–Crippen MR) is 132 cm³/mol. The van der Waals surface area contributed by atoms with Gasteiger partial charge in [0.15, 0.2) is 6.10 Å². The molecule has 1 aliphatic carbocycles. The highest BCUT2D eigenvalue weighted by Crippen LogP contribution is 2.51. The summed E-state index contributed by atoms with van der Waals surface area (Å²) in [6, 6.07) is 25.4. The number of hydrogen-bond donors (Lipinski definition) is 0. The molecule has 1 heterocycles. The molecule has 0 unspecified atom stereocenters. The van der Waals surface area contributed by atoms with E-state index in [1.54, 1.807) is 18.9 Å². The van der Waals surface area contributed by atoms with Crippen LogP contribution in [0.5, 0.6) is 11.5 Å². The van der Waals surface area contributed by atoms with Crippen molar-refractivity contribution >= 4 is 23.4 Å². The van der Waals surface area contributed by atoms with Crippen molar-refractivity contribution < 1.29 is 14.3 Å². The largest absolute Gasteiger partial charge is 0.497 e. The van der Waals surface area contributed by atoms with Crippen LogP contribution in [0.15, 0.2) is 83.8 Å². The normalized spacial score (nSPS) is 21.2. The minimum absolute atomic E-state index is 0.0542. The number of carbonyl (C=O) groups is 1. The first kappa shape index (κ1) is 21.9. The van der Waals surface area contributed by atoms with Crippen molar-refractivity contribution in [1.82, 2.24) is 0 Å². The molecule has 33 heavy (non-hydrogen) atoms. The summed E-state index contributed by atoms with van der Waals surface area (Å²) in [5.41, 5.74) is 2.06. The van der Waals surface area contributed by atoms with Gasteiger partial charge in [0.25, 0.3) is 5.91 Å². The molecule has 0 bridgehead atoms. The van der Waals surface area contributed by atoms with Crippen LogP contribution < -0.4 is 14.4 Å². The van der Waals surface area contributed by atoms with E-state index >= 15 is 0 Å². The molecular formula is C28H24NO3S. The van der Waals surface area contributed by atoms with Crippen LogP contribution in [-0.4, -0.2) is 25.2 Å². The molecule has 1 saturated heterocycles. The van der Waals surface area contributed by atoms with Gasteiger partial charge in [-0.15, -0.1) is 11.8 Å². The van der Waals surface area contributed by atoms with E-state index in [9.17, 15) is 4.79 Å². The molecule has 1 amide bonds. The van der Waals surface area contributed by atoms with Crippen LogP contribution in [0, 0.1) is 37.4 Å². The Bertz CT molecular complexity index is 1080. The minimum Gasteiger partial charge on any atom is -0.497 e. The van der Waals surface area contributed by atoms with E-state index in [4.69, 9.17) is 9.47 Å². The standard InChI is InChI=1S/C28H24NO3S/c1-19-11-17-23(18-12-19)33-25-10-6-9-24(25)26-27(32-22-7-4-3-5-8-22)28(30)29(26)20-13-15-21(31-2)16-14-20/h3-18,26-27H,1-2H3/t26-,27+/m1/s1. The number of nitrogens with zero attached hydrogens (tertiary/aromatic N) is 1. The van der Waals surface area contributed by atoms with Crippen LogP contribution in [0.4, 0.5) is 5.69 Å². The third-order valence-electron chi connectivity index (χ3n) is 5.78. The Morgan fingerprint density at radius 3 is 2.27 bits per heavy atom. The second-order valence-electron chi connectivity index (χ2n) is 7.96. The molecule has 165 valence electrons. The molecule has 2 atom stereocenters. The summed E-state index contributed by atoms with van der Waals surface area (Å²) in [5, 5.41) is 1.12. The Balaban J connectivity index is 1.42. The van der Waals surface area contributed by atoms with Crippen molar-refractivity contribution in [3.8, 4) is 11.5 Å². The van der Waals surface area contributed by atoms with Gasteiger partial charge in [-0.3, -0.25) is 4.79 Å². The van der Waals surface area contributed by atoms with Crippen LogP contribution in [-0.2, 0) is 4.79 Å². The number of thioether (sulfide) groups is 1. The molecule has 0 aromatic heterocycles. The first-order chi connectivity index (χ1) is 16.1. The Hall–Kier alpha value is -2.92. The Kier molecular flexibility index (Phi) is 6.32. The highest BCUT2D eigenvalue weighted by molar-refractivity contribution is 8.02. The number of methoxy groups -OCH3 is 1. The summed E-state index contributed by atoms with van der Waals surface area (Å²) in [4.78, 5) is 16.3. The minimum atomic E-state index is -0.589. The summed E-state index contributed by atoms with van der Waals surface area (Å²) in [6.07, 6.45) is 5.65. The van der Waals surface area contributed by atoms with Gasteiger partial charge in [-0.25, -0.2) is 0 Å². The SMILES string of the molecule is COc1ccc(N2C(=O)[C@@H](Oc3ccccc3)[C@H]2[C]2[CH][CH][CH][C]2Sc2ccc(C)cc2)cc1. The smallest absolute Gasteiger partial charge is 0.270 e. The van der Waals surface area contributed by atoms with Gasteiger partial charge in [-0.1, -0.05) is 35.9 Å². The van der Waals surface area contributed by atoms with Crippen molar-refractivity contribution in [1.29, 1.82) is 0 Å². The molecule has 5 heteroatoms. The highest BCUT2D eigenvalue weighted by Gasteiger charge is 2.56. The van der Waals surface area contributed by atoms with Gasteiger partial charge in [0, 0.05) is 21.8 Å². The lowest BCUT2D eigenvalue weighted by Gasteiger charge is -2.49. The van der Waals surface area contributed by atoms with E-state index in [0.29, 0.717) is 5.75 Å². The zero-order valence-electron chi connectivity index (χ0n) is 18.5. The quantitative estimate of drug-likeness (QED) is 0.430. The molecule has 0 N–H and O–H groups in total. The number of hydrogen-bond acceptors (Lipinski definition) is 4. The molecule has 0 spiro atoms. The number of para-hydroxylation sites is 1. The monoisotopic (exact) mass is 454 g/mol. The summed E-state index contributed by atoms with van der Waals surface area (Å²) >= 11 is 1.71. The number of aryl methyl sites for hydroxylation is 1.